The van der Waals surface area contributed by atoms with Crippen molar-refractivity contribution in [3.8, 4) is 11.5 Å². The van der Waals surface area contributed by atoms with Gasteiger partial charge in [0.15, 0.2) is 5.76 Å². The number of carbonyl (C=O) groups is 1. The molecule has 39 heavy (non-hydrogen) atoms. The zero-order chi connectivity index (χ0) is 26.9. The summed E-state index contributed by atoms with van der Waals surface area (Å²) in [7, 11) is 2.17. The number of likely N-dealkylation sites (tertiary alicyclic amines) is 2. The molecule has 0 saturated carbocycles. The van der Waals surface area contributed by atoms with Gasteiger partial charge in [0.25, 0.3) is 0 Å². The molecule has 5 rings (SSSR count). The number of piperidine rings is 2. The molecule has 3 aromatic heterocycles. The Morgan fingerprint density at radius 2 is 1.95 bits per heavy atom. The van der Waals surface area contributed by atoms with Gasteiger partial charge in [-0.2, -0.15) is 0 Å². The Kier molecular flexibility index (Phi) is 9.61. The van der Waals surface area contributed by atoms with E-state index in [1.807, 2.05) is 30.5 Å². The summed E-state index contributed by atoms with van der Waals surface area (Å²) in [5, 5.41) is 7.63. The van der Waals surface area contributed by atoms with Crippen molar-refractivity contribution >= 4 is 28.6 Å². The molecule has 2 saturated heterocycles. The lowest BCUT2D eigenvalue weighted by atomic mass is 9.94. The molecular formula is C31H42N6O2. The number of furan rings is 1. The van der Waals surface area contributed by atoms with Gasteiger partial charge >= 0.3 is 0 Å². The van der Waals surface area contributed by atoms with Gasteiger partial charge in [-0.3, -0.25) is 9.78 Å². The van der Waals surface area contributed by atoms with E-state index in [9.17, 15) is 4.79 Å². The van der Waals surface area contributed by atoms with Crippen LogP contribution in [0.2, 0.25) is 0 Å². The molecule has 8 heteroatoms. The molecule has 0 atom stereocenters. The normalized spacial score (nSPS) is 17.7. The second-order valence-electron chi connectivity index (χ2n) is 11.0. The number of pyridine rings is 2. The third-order valence-electron chi connectivity index (χ3n) is 7.99. The van der Waals surface area contributed by atoms with Crippen LogP contribution in [0.15, 0.2) is 47.2 Å². The van der Waals surface area contributed by atoms with E-state index in [0.29, 0.717) is 24.0 Å². The molecule has 208 valence electrons. The number of nitrogens with one attached hydrogen (secondary N) is 2. The first-order valence-electron chi connectivity index (χ1n) is 14.6. The Labute approximate surface area is 231 Å². The summed E-state index contributed by atoms with van der Waals surface area (Å²) >= 11 is 0. The van der Waals surface area contributed by atoms with E-state index in [-0.39, 0.29) is 5.91 Å². The number of hydrogen-bond acceptors (Lipinski definition) is 7. The first-order chi connectivity index (χ1) is 19.1. The molecule has 0 aromatic carbocycles. The highest BCUT2D eigenvalue weighted by molar-refractivity contribution is 5.93. The van der Waals surface area contributed by atoms with Crippen LogP contribution in [0.5, 0.6) is 0 Å². The van der Waals surface area contributed by atoms with Gasteiger partial charge in [-0.15, -0.1) is 0 Å². The SMILES string of the molecule is CN1CCC(CCNC(=O)/C=C/c2ccc(-c3cc(NCCCN4CCCCC4)c4cnccc4n3)o2)CC1. The van der Waals surface area contributed by atoms with E-state index in [4.69, 9.17) is 9.40 Å². The van der Waals surface area contributed by atoms with Crippen LogP contribution in [0, 0.1) is 5.92 Å². The minimum Gasteiger partial charge on any atom is -0.455 e. The number of anilines is 1. The maximum atomic E-state index is 12.3. The van der Waals surface area contributed by atoms with Gasteiger partial charge in [0.2, 0.25) is 5.91 Å². The van der Waals surface area contributed by atoms with Gasteiger partial charge in [0, 0.05) is 42.6 Å². The van der Waals surface area contributed by atoms with E-state index < -0.39 is 0 Å². The van der Waals surface area contributed by atoms with Crippen molar-refractivity contribution in [2.24, 2.45) is 5.92 Å². The maximum Gasteiger partial charge on any atom is 0.244 e. The highest BCUT2D eigenvalue weighted by atomic mass is 16.3. The Hall–Kier alpha value is -3.23. The van der Waals surface area contributed by atoms with Gasteiger partial charge < -0.3 is 24.9 Å². The second kappa shape index (κ2) is 13.7. The number of carbonyl (C=O) groups excluding carboxylic acids is 1. The van der Waals surface area contributed by atoms with Crippen LogP contribution in [-0.4, -0.2) is 78.5 Å². The molecule has 2 fully saturated rings. The summed E-state index contributed by atoms with van der Waals surface area (Å²) in [5.41, 5.74) is 2.65. The standard InChI is InChI=1S/C31H42N6O2/c1-36-20-12-24(13-21-36)10-16-34-31(38)9-7-25-6-8-30(39-25)29-22-28(26-23-32-15-11-27(26)35-29)33-14-5-19-37-17-3-2-4-18-37/h6-9,11,15,22-24H,2-5,10,12-14,16-21H2,1H3,(H,33,35)(H,34,38)/b9-7+. The van der Waals surface area contributed by atoms with Crippen LogP contribution in [-0.2, 0) is 4.79 Å². The van der Waals surface area contributed by atoms with Gasteiger partial charge in [-0.05, 0) is 115 Å². The quantitative estimate of drug-likeness (QED) is 0.265. The predicted octanol–water partition coefficient (Wildman–Crippen LogP) is 5.04. The molecule has 0 radical (unpaired) electrons. The van der Waals surface area contributed by atoms with Crippen molar-refractivity contribution in [1.29, 1.82) is 0 Å². The average molecular weight is 531 g/mol. The summed E-state index contributed by atoms with van der Waals surface area (Å²) in [6.07, 6.45) is 15.5. The van der Waals surface area contributed by atoms with Crippen LogP contribution in [0.25, 0.3) is 28.4 Å². The molecule has 8 nitrogen and oxygen atoms in total. The Morgan fingerprint density at radius 1 is 1.10 bits per heavy atom. The number of rotatable bonds is 11. The second-order valence-corrected chi connectivity index (χ2v) is 11.0. The Bertz CT molecular complexity index is 1240. The fraction of sp³-hybridized carbons (Fsp3) is 0.516. The van der Waals surface area contributed by atoms with Gasteiger partial charge in [0.1, 0.15) is 11.5 Å². The van der Waals surface area contributed by atoms with Gasteiger partial charge in [-0.25, -0.2) is 4.98 Å². The monoisotopic (exact) mass is 530 g/mol. The zero-order valence-corrected chi connectivity index (χ0v) is 23.2. The lowest BCUT2D eigenvalue weighted by Crippen LogP contribution is -2.32. The molecule has 5 heterocycles. The number of nitrogens with zero attached hydrogens (tertiary/aromatic N) is 4. The molecular weight excluding hydrogens is 488 g/mol. The molecule has 2 N–H and O–H groups in total. The number of fused-ring (bicyclic) bond motifs is 1. The van der Waals surface area contributed by atoms with E-state index in [1.54, 1.807) is 18.3 Å². The molecule has 2 aliphatic rings. The van der Waals surface area contributed by atoms with Crippen LogP contribution < -0.4 is 10.6 Å². The van der Waals surface area contributed by atoms with Crippen molar-refractivity contribution < 1.29 is 9.21 Å². The molecule has 0 aliphatic carbocycles. The number of hydrogen-bond donors (Lipinski definition) is 2. The van der Waals surface area contributed by atoms with Gasteiger partial charge in [-0.1, -0.05) is 6.42 Å². The van der Waals surface area contributed by atoms with Crippen molar-refractivity contribution in [2.45, 2.75) is 44.9 Å². The summed E-state index contributed by atoms with van der Waals surface area (Å²) in [4.78, 5) is 26.4. The van der Waals surface area contributed by atoms with E-state index >= 15 is 0 Å². The highest BCUT2D eigenvalue weighted by Gasteiger charge is 2.16. The van der Waals surface area contributed by atoms with Crippen LogP contribution in [0.4, 0.5) is 5.69 Å². The average Bonchev–Trinajstić information content (AvgIpc) is 3.45. The fourth-order valence-electron chi connectivity index (χ4n) is 5.60. The van der Waals surface area contributed by atoms with Crippen LogP contribution >= 0.6 is 0 Å². The predicted molar refractivity (Wildman–Crippen MR) is 158 cm³/mol. The van der Waals surface area contributed by atoms with Crippen molar-refractivity contribution in [3.05, 3.63) is 48.5 Å². The van der Waals surface area contributed by atoms with Crippen LogP contribution in [0.1, 0.15) is 50.7 Å². The molecule has 0 bridgehead atoms. The van der Waals surface area contributed by atoms with Crippen molar-refractivity contribution in [1.82, 2.24) is 25.1 Å². The largest absolute Gasteiger partial charge is 0.455 e. The summed E-state index contributed by atoms with van der Waals surface area (Å²) in [5.74, 6) is 1.92. The Balaban J connectivity index is 1.16. The summed E-state index contributed by atoms with van der Waals surface area (Å²) in [6.45, 7) is 7.48. The minimum atomic E-state index is -0.0896. The molecule has 2 aliphatic heterocycles. The maximum absolute atomic E-state index is 12.3. The van der Waals surface area contributed by atoms with Crippen molar-refractivity contribution in [2.75, 3.05) is 58.2 Å². The highest BCUT2D eigenvalue weighted by Crippen LogP contribution is 2.29. The fourth-order valence-corrected chi connectivity index (χ4v) is 5.60. The van der Waals surface area contributed by atoms with E-state index in [0.717, 1.165) is 61.3 Å². The summed E-state index contributed by atoms with van der Waals surface area (Å²) in [6, 6.07) is 7.75. The molecule has 3 aromatic rings. The lowest BCUT2D eigenvalue weighted by Gasteiger charge is -2.28. The zero-order valence-electron chi connectivity index (χ0n) is 23.2. The first kappa shape index (κ1) is 27.3. The third-order valence-corrected chi connectivity index (χ3v) is 7.99. The smallest absolute Gasteiger partial charge is 0.244 e. The van der Waals surface area contributed by atoms with Crippen molar-refractivity contribution in [3.63, 3.8) is 0 Å². The third kappa shape index (κ3) is 7.90. The molecule has 0 spiro atoms. The first-order valence-corrected chi connectivity index (χ1v) is 14.6. The Morgan fingerprint density at radius 3 is 2.79 bits per heavy atom. The number of aromatic nitrogens is 2. The molecule has 1 amide bonds. The van der Waals surface area contributed by atoms with Crippen LogP contribution in [0.3, 0.4) is 0 Å². The van der Waals surface area contributed by atoms with E-state index in [1.165, 1.54) is 45.2 Å². The topological polar surface area (TPSA) is 86.5 Å². The lowest BCUT2D eigenvalue weighted by molar-refractivity contribution is -0.116. The minimum absolute atomic E-state index is 0.0896. The molecule has 0 unspecified atom stereocenters. The van der Waals surface area contributed by atoms with Gasteiger partial charge in [0.05, 0.1) is 5.52 Å². The number of amides is 1. The summed E-state index contributed by atoms with van der Waals surface area (Å²) < 4.78 is 6.05. The van der Waals surface area contributed by atoms with E-state index in [2.05, 4.69) is 32.5 Å².